The Hall–Kier alpha value is -5.16. The summed E-state index contributed by atoms with van der Waals surface area (Å²) >= 11 is 0. The minimum absolute atomic E-state index is 0.475. The molecule has 2 aromatic heterocycles. The first-order valence-electron chi connectivity index (χ1n) is 12.8. The van der Waals surface area contributed by atoms with Gasteiger partial charge in [-0.05, 0) is 24.3 Å². The van der Waals surface area contributed by atoms with Crippen LogP contribution in [-0.4, -0.2) is 28.1 Å². The van der Waals surface area contributed by atoms with Crippen molar-refractivity contribution in [2.24, 2.45) is 9.98 Å². The highest BCUT2D eigenvalue weighted by Crippen LogP contribution is 2.38. The Kier molecular flexibility index (Phi) is 4.52. The second kappa shape index (κ2) is 8.18. The summed E-state index contributed by atoms with van der Waals surface area (Å²) in [5.74, 6) is 0.755. The molecule has 1 aliphatic heterocycles. The van der Waals surface area contributed by atoms with Gasteiger partial charge in [0.1, 0.15) is 13.0 Å². The zero-order chi connectivity index (χ0) is 25.1. The molecule has 0 spiro atoms. The molecule has 5 aromatic carbocycles. The Balaban J connectivity index is 1.41. The van der Waals surface area contributed by atoms with Crippen LogP contribution in [0, 0.1) is 0 Å². The molecule has 3 heterocycles. The van der Waals surface area contributed by atoms with Gasteiger partial charge in [-0.3, -0.25) is 0 Å². The minimum Gasteiger partial charge on any atom is -0.307 e. The van der Waals surface area contributed by atoms with Gasteiger partial charge < -0.3 is 4.57 Å². The number of rotatable bonds is 3. The molecule has 0 N–H and O–H groups in total. The molecule has 0 unspecified atom stereocenters. The van der Waals surface area contributed by atoms with Crippen LogP contribution in [0.15, 0.2) is 131 Å². The third-order valence-electron chi connectivity index (χ3n) is 7.44. The standard InChI is InChI=1S/C33H23N5/c1-2-11-23(12-3-1)33-34-21-36(22-35-33)38-30-19-9-6-15-26(30)27-16-10-20-31(32(27)38)37-28-17-7-4-13-24(28)25-14-5-8-18-29(25)37/h1-21H,22H2. The Morgan fingerprint density at radius 1 is 0.526 bits per heavy atom. The lowest BCUT2D eigenvalue weighted by Crippen LogP contribution is -2.36. The molecule has 0 fully saturated rings. The number of aromatic nitrogens is 2. The number of benzene rings is 5. The summed E-state index contributed by atoms with van der Waals surface area (Å²) in [5.41, 5.74) is 6.79. The van der Waals surface area contributed by atoms with Crippen LogP contribution in [0.5, 0.6) is 0 Å². The number of nitrogens with zero attached hydrogens (tertiary/aromatic N) is 5. The molecule has 8 rings (SSSR count). The van der Waals surface area contributed by atoms with E-state index in [0.717, 1.165) is 28.1 Å². The molecule has 0 amide bonds. The summed E-state index contributed by atoms with van der Waals surface area (Å²) in [4.78, 5) is 9.63. The zero-order valence-corrected chi connectivity index (χ0v) is 20.6. The summed E-state index contributed by atoms with van der Waals surface area (Å²) in [6.07, 6.45) is 1.91. The van der Waals surface area contributed by atoms with Crippen molar-refractivity contribution in [3.05, 3.63) is 127 Å². The largest absolute Gasteiger partial charge is 0.307 e. The number of hydrogen-bond acceptors (Lipinski definition) is 3. The molecule has 0 saturated heterocycles. The molecule has 0 saturated carbocycles. The van der Waals surface area contributed by atoms with E-state index in [1.807, 2.05) is 36.7 Å². The molecule has 38 heavy (non-hydrogen) atoms. The van der Waals surface area contributed by atoms with Gasteiger partial charge in [0.2, 0.25) is 0 Å². The van der Waals surface area contributed by atoms with Crippen LogP contribution in [0.4, 0.5) is 0 Å². The van der Waals surface area contributed by atoms with Gasteiger partial charge in [-0.25, -0.2) is 19.7 Å². The maximum atomic E-state index is 4.86. The highest BCUT2D eigenvalue weighted by atomic mass is 15.6. The average molecular weight is 490 g/mol. The van der Waals surface area contributed by atoms with Crippen LogP contribution >= 0.6 is 0 Å². The van der Waals surface area contributed by atoms with Crippen molar-refractivity contribution >= 4 is 55.8 Å². The molecule has 5 heteroatoms. The summed E-state index contributed by atoms with van der Waals surface area (Å²) in [7, 11) is 0. The van der Waals surface area contributed by atoms with Crippen molar-refractivity contribution in [3.8, 4) is 5.69 Å². The second-order valence-corrected chi connectivity index (χ2v) is 9.55. The number of para-hydroxylation sites is 4. The fraction of sp³-hybridized carbons (Fsp3) is 0.0303. The van der Waals surface area contributed by atoms with Crippen molar-refractivity contribution in [2.45, 2.75) is 0 Å². The molecule has 0 bridgehead atoms. The van der Waals surface area contributed by atoms with Crippen LogP contribution in [0.3, 0.4) is 0 Å². The Labute approximate surface area is 219 Å². The predicted molar refractivity (Wildman–Crippen MR) is 158 cm³/mol. The molecular weight excluding hydrogens is 466 g/mol. The SMILES string of the molecule is C1=NC(c2ccccc2)=NCN1n1c2ccccc2c2cccc(-n3c4ccccc4c4ccccc43)c21. The highest BCUT2D eigenvalue weighted by Gasteiger charge is 2.22. The van der Waals surface area contributed by atoms with E-state index in [1.54, 1.807) is 0 Å². The van der Waals surface area contributed by atoms with Gasteiger partial charge in [0.15, 0.2) is 5.84 Å². The van der Waals surface area contributed by atoms with E-state index in [4.69, 9.17) is 9.98 Å². The highest BCUT2D eigenvalue weighted by molar-refractivity contribution is 6.15. The molecule has 0 atom stereocenters. The lowest BCUT2D eigenvalue weighted by Gasteiger charge is -2.25. The maximum absolute atomic E-state index is 4.86. The molecule has 0 radical (unpaired) electrons. The fourth-order valence-electron chi connectivity index (χ4n) is 5.81. The quantitative estimate of drug-likeness (QED) is 0.257. The van der Waals surface area contributed by atoms with Gasteiger partial charge in [0.05, 0.1) is 27.8 Å². The Morgan fingerprint density at radius 3 is 1.76 bits per heavy atom. The normalized spacial score (nSPS) is 13.7. The lowest BCUT2D eigenvalue weighted by molar-refractivity contribution is 0.773. The lowest BCUT2D eigenvalue weighted by atomic mass is 10.1. The van der Waals surface area contributed by atoms with Crippen molar-refractivity contribution < 1.29 is 0 Å². The van der Waals surface area contributed by atoms with Crippen LogP contribution in [0.2, 0.25) is 0 Å². The summed E-state index contributed by atoms with van der Waals surface area (Å²) < 4.78 is 4.67. The predicted octanol–water partition coefficient (Wildman–Crippen LogP) is 7.28. The van der Waals surface area contributed by atoms with Gasteiger partial charge in [-0.2, -0.15) is 0 Å². The Morgan fingerprint density at radius 2 is 1.11 bits per heavy atom. The van der Waals surface area contributed by atoms with Crippen molar-refractivity contribution in [1.82, 2.24) is 9.24 Å². The fourth-order valence-corrected chi connectivity index (χ4v) is 5.81. The van der Waals surface area contributed by atoms with Gasteiger partial charge in [-0.1, -0.05) is 97.1 Å². The van der Waals surface area contributed by atoms with E-state index in [-0.39, 0.29) is 0 Å². The van der Waals surface area contributed by atoms with E-state index < -0.39 is 0 Å². The first kappa shape index (κ1) is 21.0. The summed E-state index contributed by atoms with van der Waals surface area (Å²) in [6, 6.07) is 42.6. The summed E-state index contributed by atoms with van der Waals surface area (Å²) in [6.45, 7) is 0.475. The monoisotopic (exact) mass is 489 g/mol. The van der Waals surface area contributed by atoms with Crippen LogP contribution < -0.4 is 5.01 Å². The van der Waals surface area contributed by atoms with E-state index in [1.165, 1.54) is 32.6 Å². The zero-order valence-electron chi connectivity index (χ0n) is 20.6. The van der Waals surface area contributed by atoms with Crippen molar-refractivity contribution in [3.63, 3.8) is 0 Å². The topological polar surface area (TPSA) is 37.8 Å². The van der Waals surface area contributed by atoms with Crippen LogP contribution in [-0.2, 0) is 0 Å². The minimum atomic E-state index is 0.475. The maximum Gasteiger partial charge on any atom is 0.158 e. The van der Waals surface area contributed by atoms with Crippen molar-refractivity contribution in [2.75, 3.05) is 11.7 Å². The van der Waals surface area contributed by atoms with E-state index in [9.17, 15) is 0 Å². The summed E-state index contributed by atoms with van der Waals surface area (Å²) in [5, 5.41) is 7.01. The number of fused-ring (bicyclic) bond motifs is 6. The smallest absolute Gasteiger partial charge is 0.158 e. The molecule has 180 valence electrons. The molecule has 7 aromatic rings. The van der Waals surface area contributed by atoms with Gasteiger partial charge in [0.25, 0.3) is 0 Å². The van der Waals surface area contributed by atoms with Gasteiger partial charge in [0, 0.05) is 27.1 Å². The van der Waals surface area contributed by atoms with Crippen molar-refractivity contribution in [1.29, 1.82) is 0 Å². The Bertz CT molecular complexity index is 2010. The molecule has 1 aliphatic rings. The van der Waals surface area contributed by atoms with Crippen LogP contribution in [0.1, 0.15) is 5.56 Å². The first-order valence-corrected chi connectivity index (χ1v) is 12.8. The second-order valence-electron chi connectivity index (χ2n) is 9.55. The van der Waals surface area contributed by atoms with Crippen LogP contribution in [0.25, 0.3) is 49.3 Å². The number of aliphatic imine (C=N–C) groups is 2. The van der Waals surface area contributed by atoms with Gasteiger partial charge in [-0.15, -0.1) is 0 Å². The van der Waals surface area contributed by atoms with E-state index in [0.29, 0.717) is 6.67 Å². The first-order chi connectivity index (χ1) is 18.9. The molecule has 5 nitrogen and oxygen atoms in total. The number of hydrogen-bond donors (Lipinski definition) is 0. The third-order valence-corrected chi connectivity index (χ3v) is 7.44. The molecule has 0 aliphatic carbocycles. The number of amidine groups is 1. The van der Waals surface area contributed by atoms with Gasteiger partial charge >= 0.3 is 0 Å². The van der Waals surface area contributed by atoms with E-state index in [2.05, 4.69) is 105 Å². The molecular formula is C33H23N5. The van der Waals surface area contributed by atoms with E-state index >= 15 is 0 Å². The third kappa shape index (κ3) is 2.99. The average Bonchev–Trinajstić information content (AvgIpc) is 3.51.